The molecule has 0 amide bonds. The predicted octanol–water partition coefficient (Wildman–Crippen LogP) is 2.88. The minimum absolute atomic E-state index is 0.225. The summed E-state index contributed by atoms with van der Waals surface area (Å²) < 4.78 is 2.25. The van der Waals surface area contributed by atoms with Gasteiger partial charge in [-0.1, -0.05) is 0 Å². The van der Waals surface area contributed by atoms with Gasteiger partial charge in [0.2, 0.25) is 0 Å². The molecule has 6 heteroatoms. The van der Waals surface area contributed by atoms with E-state index >= 15 is 0 Å². The first kappa shape index (κ1) is 17.1. The van der Waals surface area contributed by atoms with Crippen molar-refractivity contribution in [2.24, 2.45) is 0 Å². The normalized spacial score (nSPS) is 11.3. The van der Waals surface area contributed by atoms with E-state index in [2.05, 4.69) is 51.1 Å². The summed E-state index contributed by atoms with van der Waals surface area (Å²) in [5.41, 5.74) is 3.20. The van der Waals surface area contributed by atoms with E-state index in [9.17, 15) is 0 Å². The van der Waals surface area contributed by atoms with Crippen LogP contribution in [0.3, 0.4) is 0 Å². The molecule has 0 aliphatic rings. The number of pyridine rings is 1. The monoisotopic (exact) mass is 419 g/mol. The molecule has 0 atom stereocenters. The molecule has 4 nitrogen and oxygen atoms in total. The van der Waals surface area contributed by atoms with Gasteiger partial charge in [-0.15, -0.1) is 0 Å². The van der Waals surface area contributed by atoms with Gasteiger partial charge in [-0.05, 0) is 0 Å². The van der Waals surface area contributed by atoms with Crippen LogP contribution in [0.5, 0.6) is 0 Å². The fourth-order valence-electron chi connectivity index (χ4n) is 2.49. The van der Waals surface area contributed by atoms with Crippen LogP contribution < -0.4 is 8.96 Å². The summed E-state index contributed by atoms with van der Waals surface area (Å²) in [6, 6.07) is 16.5. The fourth-order valence-corrected chi connectivity index (χ4v) is 5.27. The van der Waals surface area contributed by atoms with Crippen molar-refractivity contribution < 1.29 is 0 Å². The molecule has 0 aliphatic carbocycles. The van der Waals surface area contributed by atoms with Gasteiger partial charge in [0.25, 0.3) is 0 Å². The van der Waals surface area contributed by atoms with Gasteiger partial charge in [-0.2, -0.15) is 0 Å². The van der Waals surface area contributed by atoms with Gasteiger partial charge in [0, 0.05) is 0 Å². The Morgan fingerprint density at radius 1 is 0.962 bits per heavy atom. The van der Waals surface area contributed by atoms with Crippen LogP contribution >= 0.6 is 11.3 Å². The Hall–Kier alpha value is -2.36. The first-order valence-corrected chi connectivity index (χ1v) is 11.0. The average molecular weight is 419 g/mol. The number of thiazole rings is 1. The Bertz CT molecular complexity index is 1020. The van der Waals surface area contributed by atoms with Crippen LogP contribution in [0.4, 0.5) is 0 Å². The number of nitrogens with zero attached hydrogens (tertiary/aromatic N) is 4. The van der Waals surface area contributed by atoms with Gasteiger partial charge >= 0.3 is 163 Å². The summed E-state index contributed by atoms with van der Waals surface area (Å²) in [7, 11) is 0. The molecule has 4 rings (SSSR count). The third-order valence-corrected chi connectivity index (χ3v) is 6.88. The summed E-state index contributed by atoms with van der Waals surface area (Å²) in [5.74, 6) is 0. The second-order valence-corrected chi connectivity index (χ2v) is 9.03. The molecule has 0 bridgehead atoms. The molecule has 0 unspecified atom stereocenters. The maximum absolute atomic E-state index is 4.65. The molecule has 1 radical (unpaired) electrons. The number of rotatable bonds is 5. The second kappa shape index (κ2) is 7.90. The third kappa shape index (κ3) is 3.90. The Morgan fingerprint density at radius 2 is 1.92 bits per heavy atom. The third-order valence-electron chi connectivity index (χ3n) is 3.81. The first-order valence-electron chi connectivity index (χ1n) is 8.33. The molecule has 0 saturated heterocycles. The summed E-state index contributed by atoms with van der Waals surface area (Å²) in [4.78, 5) is 19.2. The van der Waals surface area contributed by atoms with Crippen molar-refractivity contribution in [2.75, 3.05) is 0 Å². The topological polar surface area (TPSA) is 51.6 Å². The molecule has 3 aromatic heterocycles. The minimum atomic E-state index is -0.225. The number of hydrogen-bond donors (Lipinski definition) is 0. The van der Waals surface area contributed by atoms with Gasteiger partial charge in [-0.25, -0.2) is 0 Å². The number of hydrogen-bond acceptors (Lipinski definition) is 5. The molecule has 0 fully saturated rings. The van der Waals surface area contributed by atoms with Crippen molar-refractivity contribution >= 4 is 36.1 Å². The van der Waals surface area contributed by atoms with Crippen molar-refractivity contribution in [3.05, 3.63) is 72.8 Å². The number of aromatic nitrogens is 4. The molecular formula is C20H16AsN4S. The van der Waals surface area contributed by atoms with E-state index in [0.717, 1.165) is 32.3 Å². The van der Waals surface area contributed by atoms with Gasteiger partial charge in [0.1, 0.15) is 0 Å². The molecule has 26 heavy (non-hydrogen) atoms. The maximum atomic E-state index is 4.65. The quantitative estimate of drug-likeness (QED) is 0.467. The molecule has 3 heterocycles. The molecule has 4 aromatic rings. The van der Waals surface area contributed by atoms with Crippen LogP contribution in [0.1, 0.15) is 12.6 Å². The standard InChI is InChI=1S/C20H16AsN4S/c1-2-16-9-11-23-20(25-16)21-15-7-5-6-14(12-15)18-13-24-19(26-18)17-8-3-4-10-22-17/h3-13H,2H2,1H3. The van der Waals surface area contributed by atoms with Crippen molar-refractivity contribution in [3.63, 3.8) is 0 Å². The molecular weight excluding hydrogens is 403 g/mol. The van der Waals surface area contributed by atoms with Crippen LogP contribution in [0.2, 0.25) is 0 Å². The van der Waals surface area contributed by atoms with Crippen LogP contribution in [0.15, 0.2) is 67.1 Å². The summed E-state index contributed by atoms with van der Waals surface area (Å²) in [5, 5.41) is 0.943. The fraction of sp³-hybridized carbons (Fsp3) is 0.100. The Morgan fingerprint density at radius 3 is 2.77 bits per heavy atom. The number of aryl methyl sites for hydroxylation is 1. The Kier molecular flexibility index (Phi) is 5.18. The van der Waals surface area contributed by atoms with Crippen LogP contribution in [0, 0.1) is 0 Å². The zero-order chi connectivity index (χ0) is 17.8. The summed E-state index contributed by atoms with van der Waals surface area (Å²) in [6.45, 7) is 2.12. The zero-order valence-electron chi connectivity index (χ0n) is 14.2. The molecule has 0 aliphatic heterocycles. The van der Waals surface area contributed by atoms with E-state index in [1.807, 2.05) is 36.7 Å². The zero-order valence-corrected chi connectivity index (χ0v) is 16.9. The van der Waals surface area contributed by atoms with Crippen molar-refractivity contribution in [2.45, 2.75) is 13.3 Å². The van der Waals surface area contributed by atoms with E-state index in [4.69, 9.17) is 0 Å². The SMILES string of the molecule is CCc1ccnc([As]c2cccc(-c3cnc(-c4ccccn4)s3)c2)n1. The molecule has 0 N–H and O–H groups in total. The molecule has 0 spiro atoms. The average Bonchev–Trinajstić information content (AvgIpc) is 3.19. The predicted molar refractivity (Wildman–Crippen MR) is 107 cm³/mol. The molecule has 127 valence electrons. The van der Waals surface area contributed by atoms with E-state index < -0.39 is 0 Å². The van der Waals surface area contributed by atoms with E-state index in [1.54, 1.807) is 17.5 Å². The van der Waals surface area contributed by atoms with Crippen LogP contribution in [-0.2, 0) is 6.42 Å². The first-order chi connectivity index (χ1) is 12.8. The van der Waals surface area contributed by atoms with E-state index in [1.165, 1.54) is 9.91 Å². The van der Waals surface area contributed by atoms with Crippen LogP contribution in [0.25, 0.3) is 21.1 Å². The summed E-state index contributed by atoms with van der Waals surface area (Å²) >= 11 is 1.44. The summed E-state index contributed by atoms with van der Waals surface area (Å²) in [6.07, 6.45) is 6.53. The van der Waals surface area contributed by atoms with E-state index in [0.29, 0.717) is 0 Å². The van der Waals surface area contributed by atoms with Crippen molar-refractivity contribution in [1.29, 1.82) is 0 Å². The number of benzene rings is 1. The van der Waals surface area contributed by atoms with Gasteiger partial charge in [-0.3, -0.25) is 0 Å². The molecule has 0 saturated carbocycles. The van der Waals surface area contributed by atoms with Gasteiger partial charge in [0.15, 0.2) is 0 Å². The second-order valence-electron chi connectivity index (χ2n) is 5.61. The van der Waals surface area contributed by atoms with Gasteiger partial charge in [0.05, 0.1) is 0 Å². The Balaban J connectivity index is 1.59. The van der Waals surface area contributed by atoms with E-state index in [-0.39, 0.29) is 15.8 Å². The van der Waals surface area contributed by atoms with Crippen LogP contribution in [-0.4, -0.2) is 35.7 Å². The molecule has 1 aromatic carbocycles. The van der Waals surface area contributed by atoms with Crippen molar-refractivity contribution in [3.8, 4) is 21.1 Å². The Labute approximate surface area is 163 Å². The van der Waals surface area contributed by atoms with Gasteiger partial charge < -0.3 is 0 Å². The van der Waals surface area contributed by atoms with Crippen molar-refractivity contribution in [1.82, 2.24) is 19.9 Å².